The summed E-state index contributed by atoms with van der Waals surface area (Å²) in [5.74, 6) is 0.909. The molecule has 2 rings (SSSR count). The SMILES string of the molecule is Cc1c(C)n(CCCO)c2ncnc(NCCCN(C)C)c12. The summed E-state index contributed by atoms with van der Waals surface area (Å²) in [5.41, 5.74) is 3.36. The lowest BCUT2D eigenvalue weighted by Gasteiger charge is -2.11. The molecule has 0 spiro atoms. The molecule has 6 heteroatoms. The number of anilines is 1. The first kappa shape index (κ1) is 16.7. The van der Waals surface area contributed by atoms with E-state index in [1.54, 1.807) is 6.33 Å². The van der Waals surface area contributed by atoms with Crippen molar-refractivity contribution in [3.63, 3.8) is 0 Å². The second kappa shape index (κ2) is 7.56. The summed E-state index contributed by atoms with van der Waals surface area (Å²) < 4.78 is 2.17. The third-order valence-corrected chi connectivity index (χ3v) is 4.02. The minimum Gasteiger partial charge on any atom is -0.396 e. The van der Waals surface area contributed by atoms with Gasteiger partial charge in [0.15, 0.2) is 0 Å². The smallest absolute Gasteiger partial charge is 0.145 e. The molecule has 0 unspecified atom stereocenters. The highest BCUT2D eigenvalue weighted by molar-refractivity contribution is 5.91. The number of aryl methyl sites for hydroxylation is 2. The largest absolute Gasteiger partial charge is 0.396 e. The van der Waals surface area contributed by atoms with E-state index < -0.39 is 0 Å². The van der Waals surface area contributed by atoms with Gasteiger partial charge >= 0.3 is 0 Å². The normalized spacial score (nSPS) is 11.5. The predicted octanol–water partition coefficient (Wildman–Crippen LogP) is 1.79. The van der Waals surface area contributed by atoms with Crippen LogP contribution in [0.3, 0.4) is 0 Å². The molecular formula is C16H27N5O. The van der Waals surface area contributed by atoms with Crippen molar-refractivity contribution in [1.82, 2.24) is 19.4 Å². The summed E-state index contributed by atoms with van der Waals surface area (Å²) in [5, 5.41) is 13.6. The van der Waals surface area contributed by atoms with E-state index in [9.17, 15) is 0 Å². The summed E-state index contributed by atoms with van der Waals surface area (Å²) in [6.45, 7) is 7.13. The molecule has 0 saturated heterocycles. The van der Waals surface area contributed by atoms with Crippen LogP contribution >= 0.6 is 0 Å². The van der Waals surface area contributed by atoms with Crippen LogP contribution in [0.4, 0.5) is 5.82 Å². The monoisotopic (exact) mass is 305 g/mol. The zero-order valence-electron chi connectivity index (χ0n) is 14.1. The molecule has 0 aliphatic carbocycles. The van der Waals surface area contributed by atoms with Gasteiger partial charge in [-0.3, -0.25) is 0 Å². The second-order valence-electron chi connectivity index (χ2n) is 5.94. The number of aliphatic hydroxyl groups excluding tert-OH is 1. The van der Waals surface area contributed by atoms with Crippen molar-refractivity contribution in [2.45, 2.75) is 33.2 Å². The average molecular weight is 305 g/mol. The van der Waals surface area contributed by atoms with E-state index in [1.807, 2.05) is 0 Å². The van der Waals surface area contributed by atoms with Crippen molar-refractivity contribution in [2.24, 2.45) is 0 Å². The molecular weight excluding hydrogens is 278 g/mol. The van der Waals surface area contributed by atoms with Crippen LogP contribution < -0.4 is 5.32 Å². The molecule has 0 fully saturated rings. The van der Waals surface area contributed by atoms with E-state index in [0.717, 1.165) is 49.3 Å². The Morgan fingerprint density at radius 1 is 1.23 bits per heavy atom. The summed E-state index contributed by atoms with van der Waals surface area (Å²) in [4.78, 5) is 11.1. The van der Waals surface area contributed by atoms with Crippen LogP contribution in [0.2, 0.25) is 0 Å². The number of fused-ring (bicyclic) bond motifs is 1. The molecule has 0 bridgehead atoms. The lowest BCUT2D eigenvalue weighted by molar-refractivity contribution is 0.280. The van der Waals surface area contributed by atoms with Crippen molar-refractivity contribution in [1.29, 1.82) is 0 Å². The Balaban J connectivity index is 2.24. The Hall–Kier alpha value is -1.66. The maximum absolute atomic E-state index is 9.08. The fourth-order valence-electron chi connectivity index (χ4n) is 2.71. The van der Waals surface area contributed by atoms with Crippen LogP contribution in [0.1, 0.15) is 24.1 Å². The quantitative estimate of drug-likeness (QED) is 0.728. The molecule has 22 heavy (non-hydrogen) atoms. The van der Waals surface area contributed by atoms with Crippen LogP contribution in [0.25, 0.3) is 11.0 Å². The topological polar surface area (TPSA) is 66.2 Å². The first-order valence-corrected chi connectivity index (χ1v) is 7.86. The van der Waals surface area contributed by atoms with E-state index in [-0.39, 0.29) is 6.61 Å². The number of nitrogens with zero attached hydrogens (tertiary/aromatic N) is 4. The molecule has 0 saturated carbocycles. The van der Waals surface area contributed by atoms with Crippen LogP contribution in [-0.4, -0.2) is 58.3 Å². The highest BCUT2D eigenvalue weighted by atomic mass is 16.3. The molecule has 2 aromatic heterocycles. The summed E-state index contributed by atoms with van der Waals surface area (Å²) in [7, 11) is 4.16. The number of aromatic nitrogens is 3. The number of rotatable bonds is 8. The fourth-order valence-corrected chi connectivity index (χ4v) is 2.71. The van der Waals surface area contributed by atoms with E-state index in [0.29, 0.717) is 0 Å². The standard InChI is InChI=1S/C16H27N5O/c1-12-13(2)21(9-6-10-22)16-14(12)15(18-11-19-16)17-7-5-8-20(3)4/h11,22H,5-10H2,1-4H3,(H,17,18,19). The van der Waals surface area contributed by atoms with Gasteiger partial charge in [0.1, 0.15) is 17.8 Å². The summed E-state index contributed by atoms with van der Waals surface area (Å²) in [6, 6.07) is 0. The maximum atomic E-state index is 9.08. The molecule has 122 valence electrons. The second-order valence-corrected chi connectivity index (χ2v) is 5.94. The Kier molecular flexibility index (Phi) is 5.74. The molecule has 2 N–H and O–H groups in total. The zero-order chi connectivity index (χ0) is 16.1. The number of hydrogen-bond donors (Lipinski definition) is 2. The van der Waals surface area contributed by atoms with Crippen molar-refractivity contribution in [3.05, 3.63) is 17.6 Å². The van der Waals surface area contributed by atoms with Gasteiger partial charge < -0.3 is 19.9 Å². The predicted molar refractivity (Wildman–Crippen MR) is 90.4 cm³/mol. The van der Waals surface area contributed by atoms with Gasteiger partial charge in [-0.25, -0.2) is 9.97 Å². The zero-order valence-corrected chi connectivity index (χ0v) is 14.1. The lowest BCUT2D eigenvalue weighted by Crippen LogP contribution is -2.16. The molecule has 0 aliphatic rings. The first-order chi connectivity index (χ1) is 10.6. The van der Waals surface area contributed by atoms with Gasteiger partial charge in [-0.2, -0.15) is 0 Å². The highest BCUT2D eigenvalue weighted by Gasteiger charge is 2.15. The van der Waals surface area contributed by atoms with Crippen LogP contribution in [0.5, 0.6) is 0 Å². The third kappa shape index (κ3) is 3.56. The van der Waals surface area contributed by atoms with E-state index in [4.69, 9.17) is 5.11 Å². The molecule has 0 amide bonds. The Bertz CT molecular complexity index is 621. The molecule has 0 aromatic carbocycles. The maximum Gasteiger partial charge on any atom is 0.145 e. The number of nitrogens with one attached hydrogen (secondary N) is 1. The fraction of sp³-hybridized carbons (Fsp3) is 0.625. The van der Waals surface area contributed by atoms with Gasteiger partial charge in [0.2, 0.25) is 0 Å². The van der Waals surface area contributed by atoms with Crippen LogP contribution in [-0.2, 0) is 6.54 Å². The number of aliphatic hydroxyl groups is 1. The van der Waals surface area contributed by atoms with Crippen molar-refractivity contribution >= 4 is 16.9 Å². The van der Waals surface area contributed by atoms with Gasteiger partial charge in [0.25, 0.3) is 0 Å². The average Bonchev–Trinajstić information content (AvgIpc) is 2.74. The van der Waals surface area contributed by atoms with Gasteiger partial charge in [-0.1, -0.05) is 0 Å². The third-order valence-electron chi connectivity index (χ3n) is 4.02. The minimum absolute atomic E-state index is 0.193. The molecule has 0 atom stereocenters. The molecule has 2 aromatic rings. The minimum atomic E-state index is 0.193. The van der Waals surface area contributed by atoms with Crippen LogP contribution in [0.15, 0.2) is 6.33 Å². The molecule has 6 nitrogen and oxygen atoms in total. The lowest BCUT2D eigenvalue weighted by atomic mass is 10.2. The van der Waals surface area contributed by atoms with Gasteiger partial charge in [0.05, 0.1) is 5.39 Å². The van der Waals surface area contributed by atoms with Crippen molar-refractivity contribution in [3.8, 4) is 0 Å². The highest BCUT2D eigenvalue weighted by Crippen LogP contribution is 2.28. The van der Waals surface area contributed by atoms with Crippen LogP contribution in [0, 0.1) is 13.8 Å². The van der Waals surface area contributed by atoms with Gasteiger partial charge in [-0.05, 0) is 52.9 Å². The van der Waals surface area contributed by atoms with E-state index in [2.05, 4.69) is 52.7 Å². The molecule has 2 heterocycles. The van der Waals surface area contributed by atoms with Gasteiger partial charge in [-0.15, -0.1) is 0 Å². The van der Waals surface area contributed by atoms with Gasteiger partial charge in [0, 0.05) is 25.4 Å². The molecule has 0 aliphatic heterocycles. The van der Waals surface area contributed by atoms with E-state index >= 15 is 0 Å². The number of hydrogen-bond acceptors (Lipinski definition) is 5. The summed E-state index contributed by atoms with van der Waals surface area (Å²) >= 11 is 0. The van der Waals surface area contributed by atoms with Crippen molar-refractivity contribution in [2.75, 3.05) is 39.1 Å². The first-order valence-electron chi connectivity index (χ1n) is 7.86. The Morgan fingerprint density at radius 2 is 2.00 bits per heavy atom. The Labute approximate surface area is 132 Å². The van der Waals surface area contributed by atoms with E-state index in [1.165, 1.54) is 11.3 Å². The summed E-state index contributed by atoms with van der Waals surface area (Å²) in [6.07, 6.45) is 3.42. The van der Waals surface area contributed by atoms with Crippen molar-refractivity contribution < 1.29 is 5.11 Å². The molecule has 0 radical (unpaired) electrons. The Morgan fingerprint density at radius 3 is 2.68 bits per heavy atom.